The zero-order valence-corrected chi connectivity index (χ0v) is 12.8. The Balaban J connectivity index is 3.12. The first-order valence-corrected chi connectivity index (χ1v) is 8.63. The number of nitrogen functional groups attached to an aromatic ring is 1. The molecule has 0 saturated carbocycles. The molecule has 0 aliphatic carbocycles. The van der Waals surface area contributed by atoms with Gasteiger partial charge in [0.15, 0.2) is 5.78 Å². The van der Waals surface area contributed by atoms with Crippen molar-refractivity contribution in [2.75, 3.05) is 5.73 Å². The molecule has 0 heterocycles. The van der Waals surface area contributed by atoms with E-state index in [9.17, 15) is 26.2 Å². The Bertz CT molecular complexity index is 1010. The fraction of sp³-hybridized carbons (Fsp3) is 0.0833. The molecule has 2 rings (SSSR count). The van der Waals surface area contributed by atoms with Gasteiger partial charge in [-0.3, -0.25) is 13.9 Å². The molecule has 8 nitrogen and oxygen atoms in total. The first kappa shape index (κ1) is 16.4. The van der Waals surface area contributed by atoms with Gasteiger partial charge in [-0.2, -0.15) is 16.8 Å². The van der Waals surface area contributed by atoms with E-state index in [4.69, 9.17) is 10.3 Å². The van der Waals surface area contributed by atoms with E-state index >= 15 is 0 Å². The van der Waals surface area contributed by atoms with E-state index in [2.05, 4.69) is 0 Å². The molecule has 0 bridgehead atoms. The number of ketones is 1. The molecule has 2 aromatic rings. The van der Waals surface area contributed by atoms with E-state index in [0.717, 1.165) is 24.3 Å². The highest BCUT2D eigenvalue weighted by atomic mass is 32.2. The highest BCUT2D eigenvalue weighted by molar-refractivity contribution is 7.86. The van der Waals surface area contributed by atoms with Crippen LogP contribution >= 0.6 is 0 Å². The predicted molar refractivity (Wildman–Crippen MR) is 78.0 cm³/mol. The minimum atomic E-state index is -4.69. The second-order valence-corrected chi connectivity index (χ2v) is 7.36. The molecule has 0 amide bonds. The van der Waals surface area contributed by atoms with Crippen LogP contribution in [-0.4, -0.2) is 31.7 Å². The van der Waals surface area contributed by atoms with Crippen molar-refractivity contribution < 1.29 is 30.7 Å². The molecular formula is C12H11NO7S2. The summed E-state index contributed by atoms with van der Waals surface area (Å²) in [6.45, 7) is 1.22. The van der Waals surface area contributed by atoms with Crippen LogP contribution in [0.15, 0.2) is 34.1 Å². The Morgan fingerprint density at radius 2 is 1.64 bits per heavy atom. The van der Waals surface area contributed by atoms with Crippen LogP contribution in [0.25, 0.3) is 10.8 Å². The highest BCUT2D eigenvalue weighted by Crippen LogP contribution is 2.33. The molecule has 0 fully saturated rings. The Hall–Kier alpha value is -2.01. The third-order valence-electron chi connectivity index (χ3n) is 3.03. The molecule has 0 saturated heterocycles. The van der Waals surface area contributed by atoms with Crippen molar-refractivity contribution in [3.63, 3.8) is 0 Å². The van der Waals surface area contributed by atoms with Gasteiger partial charge < -0.3 is 5.73 Å². The number of Topliss-reactive ketones (excluding diaryl/α,β-unsaturated/α-hetero) is 1. The van der Waals surface area contributed by atoms with E-state index in [-0.39, 0.29) is 22.0 Å². The van der Waals surface area contributed by atoms with Crippen LogP contribution in [0.5, 0.6) is 0 Å². The van der Waals surface area contributed by atoms with Gasteiger partial charge in [-0.1, -0.05) is 0 Å². The normalized spacial score (nSPS) is 12.5. The van der Waals surface area contributed by atoms with Crippen LogP contribution in [0.1, 0.15) is 17.3 Å². The first-order valence-electron chi connectivity index (χ1n) is 5.75. The number of hydrogen-bond acceptors (Lipinski definition) is 6. The number of nitrogens with two attached hydrogens (primary N) is 1. The van der Waals surface area contributed by atoms with Crippen LogP contribution < -0.4 is 5.73 Å². The summed E-state index contributed by atoms with van der Waals surface area (Å²) in [6, 6.07) is 3.85. The van der Waals surface area contributed by atoms with Crippen LogP contribution in [0, 0.1) is 0 Å². The number of rotatable bonds is 3. The standard InChI is InChI=1S/C12H11NO7S2/c1-6(14)8-2-3-11(22(18,19)20)9-4-7(21(15,16)17)5-10(13)12(8)9/h2-5H,13H2,1H3,(H,15,16,17)(H,18,19,20). The Kier molecular flexibility index (Phi) is 3.73. The first-order chi connectivity index (χ1) is 9.93. The van der Waals surface area contributed by atoms with Gasteiger partial charge in [0.05, 0.1) is 4.90 Å². The number of carbonyl (C=O) groups excluding carboxylic acids is 1. The summed E-state index contributed by atoms with van der Waals surface area (Å²) in [5.74, 6) is -0.432. The second kappa shape index (κ2) is 5.02. The van der Waals surface area contributed by atoms with Gasteiger partial charge in [-0.15, -0.1) is 0 Å². The third-order valence-corrected chi connectivity index (χ3v) is 4.78. The zero-order valence-electron chi connectivity index (χ0n) is 11.1. The highest BCUT2D eigenvalue weighted by Gasteiger charge is 2.22. The fourth-order valence-corrected chi connectivity index (χ4v) is 3.35. The van der Waals surface area contributed by atoms with Crippen molar-refractivity contribution in [2.24, 2.45) is 0 Å². The van der Waals surface area contributed by atoms with Crippen molar-refractivity contribution in [3.05, 3.63) is 29.8 Å². The van der Waals surface area contributed by atoms with Gasteiger partial charge in [0.1, 0.15) is 4.90 Å². The monoisotopic (exact) mass is 345 g/mol. The summed E-state index contributed by atoms with van der Waals surface area (Å²) >= 11 is 0. The molecule has 0 unspecified atom stereocenters. The molecule has 0 radical (unpaired) electrons. The molecule has 0 aliphatic heterocycles. The van der Waals surface area contributed by atoms with Gasteiger partial charge in [0.25, 0.3) is 20.2 Å². The summed E-state index contributed by atoms with van der Waals surface area (Å²) in [4.78, 5) is 10.3. The van der Waals surface area contributed by atoms with Crippen molar-refractivity contribution in [3.8, 4) is 0 Å². The number of anilines is 1. The summed E-state index contributed by atoms with van der Waals surface area (Å²) in [6.07, 6.45) is 0. The van der Waals surface area contributed by atoms with E-state index in [1.165, 1.54) is 6.92 Å². The average molecular weight is 345 g/mol. The van der Waals surface area contributed by atoms with Crippen LogP contribution in [0.3, 0.4) is 0 Å². The molecule has 22 heavy (non-hydrogen) atoms. The molecule has 4 N–H and O–H groups in total. The van der Waals surface area contributed by atoms with Gasteiger partial charge in [0.2, 0.25) is 0 Å². The zero-order chi connectivity index (χ0) is 16.9. The topological polar surface area (TPSA) is 152 Å². The maximum Gasteiger partial charge on any atom is 0.295 e. The van der Waals surface area contributed by atoms with Crippen LogP contribution in [0.2, 0.25) is 0 Å². The maximum absolute atomic E-state index is 11.6. The lowest BCUT2D eigenvalue weighted by molar-refractivity contribution is 0.101. The average Bonchev–Trinajstić information content (AvgIpc) is 2.34. The molecule has 10 heteroatoms. The lowest BCUT2D eigenvalue weighted by Gasteiger charge is -2.11. The molecule has 0 aromatic heterocycles. The molecule has 0 spiro atoms. The Morgan fingerprint density at radius 1 is 1.05 bits per heavy atom. The minimum absolute atomic E-state index is 0.0185. The lowest BCUT2D eigenvalue weighted by Crippen LogP contribution is -2.06. The summed E-state index contributed by atoms with van der Waals surface area (Å²) in [7, 11) is -9.35. The number of hydrogen-bond donors (Lipinski definition) is 3. The quantitative estimate of drug-likeness (QED) is 0.425. The third kappa shape index (κ3) is 2.81. The van der Waals surface area contributed by atoms with Gasteiger partial charge in [0, 0.05) is 22.0 Å². The van der Waals surface area contributed by atoms with Crippen molar-refractivity contribution in [1.29, 1.82) is 0 Å². The van der Waals surface area contributed by atoms with Crippen LogP contribution in [0.4, 0.5) is 5.69 Å². The van der Waals surface area contributed by atoms with Crippen LogP contribution in [-0.2, 0) is 20.2 Å². The lowest BCUT2D eigenvalue weighted by atomic mass is 10.0. The molecular weight excluding hydrogens is 334 g/mol. The van der Waals surface area contributed by atoms with E-state index < -0.39 is 35.8 Å². The van der Waals surface area contributed by atoms with Crippen molar-refractivity contribution in [1.82, 2.24) is 0 Å². The summed E-state index contributed by atoms with van der Waals surface area (Å²) in [5.41, 5.74) is 5.54. The predicted octanol–water partition coefficient (Wildman–Crippen LogP) is 1.12. The minimum Gasteiger partial charge on any atom is -0.398 e. The Labute approximate surface area is 126 Å². The number of fused-ring (bicyclic) bond motifs is 1. The van der Waals surface area contributed by atoms with Crippen molar-refractivity contribution >= 4 is 42.5 Å². The molecule has 2 aromatic carbocycles. The summed E-state index contributed by atoms with van der Waals surface area (Å²) < 4.78 is 63.6. The second-order valence-electron chi connectivity index (χ2n) is 4.55. The Morgan fingerprint density at radius 3 is 2.09 bits per heavy atom. The fourth-order valence-electron chi connectivity index (χ4n) is 2.13. The largest absolute Gasteiger partial charge is 0.398 e. The molecule has 0 atom stereocenters. The number of benzene rings is 2. The maximum atomic E-state index is 11.6. The van der Waals surface area contributed by atoms with Crippen molar-refractivity contribution in [2.45, 2.75) is 16.7 Å². The van der Waals surface area contributed by atoms with E-state index in [1.54, 1.807) is 0 Å². The SMILES string of the molecule is CC(=O)c1ccc(S(=O)(=O)O)c2cc(S(=O)(=O)O)cc(N)c12. The van der Waals surface area contributed by atoms with E-state index in [0.29, 0.717) is 0 Å². The summed E-state index contributed by atoms with van der Waals surface area (Å²) in [5, 5.41) is -0.294. The van der Waals surface area contributed by atoms with Gasteiger partial charge >= 0.3 is 0 Å². The molecule has 0 aliphatic rings. The number of carbonyl (C=O) groups is 1. The smallest absolute Gasteiger partial charge is 0.295 e. The van der Waals surface area contributed by atoms with Gasteiger partial charge in [-0.05, 0) is 31.2 Å². The van der Waals surface area contributed by atoms with E-state index in [1.807, 2.05) is 0 Å². The van der Waals surface area contributed by atoms with Gasteiger partial charge in [-0.25, -0.2) is 0 Å². The molecule has 118 valence electrons.